The van der Waals surface area contributed by atoms with Crippen LogP contribution in [0.2, 0.25) is 5.02 Å². The summed E-state index contributed by atoms with van der Waals surface area (Å²) in [7, 11) is -3.81. The molecular formula is C18H21ClN2O3S. The van der Waals surface area contributed by atoms with Crippen molar-refractivity contribution in [3.63, 3.8) is 0 Å². The van der Waals surface area contributed by atoms with Crippen LogP contribution in [0.4, 0.5) is 5.69 Å². The van der Waals surface area contributed by atoms with Crippen molar-refractivity contribution >= 4 is 33.2 Å². The largest absolute Gasteiger partial charge is 0.350 e. The van der Waals surface area contributed by atoms with Crippen LogP contribution in [0.3, 0.4) is 0 Å². The van der Waals surface area contributed by atoms with Crippen LogP contribution in [0.15, 0.2) is 53.4 Å². The Bertz CT molecular complexity index is 852. The van der Waals surface area contributed by atoms with Crippen LogP contribution in [-0.2, 0) is 10.0 Å². The van der Waals surface area contributed by atoms with E-state index in [1.165, 1.54) is 22.5 Å². The summed E-state index contributed by atoms with van der Waals surface area (Å²) in [5.41, 5.74) is 0.702. The van der Waals surface area contributed by atoms with E-state index >= 15 is 0 Å². The summed E-state index contributed by atoms with van der Waals surface area (Å²) < 4.78 is 27.3. The Morgan fingerprint density at radius 1 is 1.16 bits per heavy atom. The van der Waals surface area contributed by atoms with Gasteiger partial charge in [-0.15, -0.1) is 0 Å². The Kier molecular flexibility index (Phi) is 6.08. The topological polar surface area (TPSA) is 66.5 Å². The van der Waals surface area contributed by atoms with Crippen LogP contribution < -0.4 is 9.62 Å². The predicted octanol–water partition coefficient (Wildman–Crippen LogP) is 3.69. The lowest BCUT2D eigenvalue weighted by atomic mass is 10.2. The highest BCUT2D eigenvalue weighted by Crippen LogP contribution is 2.26. The van der Waals surface area contributed by atoms with Gasteiger partial charge in [-0.2, -0.15) is 0 Å². The highest BCUT2D eigenvalue weighted by atomic mass is 35.5. The van der Waals surface area contributed by atoms with E-state index in [1.54, 1.807) is 31.2 Å². The van der Waals surface area contributed by atoms with Gasteiger partial charge in [-0.3, -0.25) is 9.10 Å². The number of para-hydroxylation sites is 1. The molecule has 0 spiro atoms. The van der Waals surface area contributed by atoms with Gasteiger partial charge in [0.25, 0.3) is 15.9 Å². The second-order valence-corrected chi connectivity index (χ2v) is 8.04. The number of hydrogen-bond donors (Lipinski definition) is 1. The number of carbonyl (C=O) groups is 1. The lowest BCUT2D eigenvalue weighted by Gasteiger charge is -2.23. The van der Waals surface area contributed by atoms with E-state index in [2.05, 4.69) is 5.32 Å². The molecule has 7 heteroatoms. The standard InChI is InChI=1S/C18H21ClN2O3S/c1-4-21(14-8-6-5-7-9-14)25(23,24)15-10-11-17(19)16(12-15)18(22)20-13(2)3/h5-13H,4H2,1-3H3,(H,20,22). The van der Waals surface area contributed by atoms with Crippen molar-refractivity contribution in [1.29, 1.82) is 0 Å². The average Bonchev–Trinajstić information content (AvgIpc) is 2.55. The monoisotopic (exact) mass is 380 g/mol. The summed E-state index contributed by atoms with van der Waals surface area (Å²) in [5.74, 6) is -0.403. The van der Waals surface area contributed by atoms with Gasteiger partial charge >= 0.3 is 0 Å². The maximum absolute atomic E-state index is 13.0. The fourth-order valence-corrected chi connectivity index (χ4v) is 4.10. The first-order valence-corrected chi connectivity index (χ1v) is 9.77. The lowest BCUT2D eigenvalue weighted by Crippen LogP contribution is -2.32. The number of halogens is 1. The number of carbonyl (C=O) groups excluding carboxylic acids is 1. The van der Waals surface area contributed by atoms with Gasteiger partial charge in [0.2, 0.25) is 0 Å². The van der Waals surface area contributed by atoms with Gasteiger partial charge in [-0.05, 0) is 51.1 Å². The van der Waals surface area contributed by atoms with Gasteiger partial charge in [0.1, 0.15) is 0 Å². The van der Waals surface area contributed by atoms with Gasteiger partial charge in [0.05, 0.1) is 21.2 Å². The molecule has 0 bridgehead atoms. The van der Waals surface area contributed by atoms with E-state index in [1.807, 2.05) is 19.9 Å². The summed E-state index contributed by atoms with van der Waals surface area (Å²) in [6.45, 7) is 5.66. The number of anilines is 1. The molecule has 0 saturated heterocycles. The molecule has 2 rings (SSSR count). The van der Waals surface area contributed by atoms with Gasteiger partial charge in [0.15, 0.2) is 0 Å². The third-order valence-electron chi connectivity index (χ3n) is 3.52. The summed E-state index contributed by atoms with van der Waals surface area (Å²) >= 11 is 6.09. The fraction of sp³-hybridized carbons (Fsp3) is 0.278. The third kappa shape index (κ3) is 4.32. The van der Waals surface area contributed by atoms with Crippen molar-refractivity contribution in [3.05, 3.63) is 59.1 Å². The molecule has 0 unspecified atom stereocenters. The molecule has 25 heavy (non-hydrogen) atoms. The number of benzene rings is 2. The fourth-order valence-electron chi connectivity index (χ4n) is 2.39. The highest BCUT2D eigenvalue weighted by molar-refractivity contribution is 7.92. The number of hydrogen-bond acceptors (Lipinski definition) is 3. The van der Waals surface area contributed by atoms with Crippen molar-refractivity contribution in [2.75, 3.05) is 10.8 Å². The number of nitrogens with zero attached hydrogens (tertiary/aromatic N) is 1. The minimum Gasteiger partial charge on any atom is -0.350 e. The van der Waals surface area contributed by atoms with Crippen LogP contribution in [0, 0.1) is 0 Å². The van der Waals surface area contributed by atoms with Crippen molar-refractivity contribution in [2.45, 2.75) is 31.7 Å². The molecule has 0 saturated carbocycles. The predicted molar refractivity (Wildman–Crippen MR) is 101 cm³/mol. The second kappa shape index (κ2) is 7.89. The Morgan fingerprint density at radius 3 is 2.36 bits per heavy atom. The molecule has 2 aromatic carbocycles. The molecule has 0 radical (unpaired) electrons. The zero-order valence-electron chi connectivity index (χ0n) is 14.4. The van der Waals surface area contributed by atoms with E-state index in [4.69, 9.17) is 11.6 Å². The molecule has 0 aliphatic rings. The third-order valence-corrected chi connectivity index (χ3v) is 5.75. The maximum Gasteiger partial charge on any atom is 0.264 e. The van der Waals surface area contributed by atoms with Crippen molar-refractivity contribution in [3.8, 4) is 0 Å². The molecule has 0 heterocycles. The van der Waals surface area contributed by atoms with E-state index in [-0.39, 0.29) is 28.1 Å². The zero-order valence-corrected chi connectivity index (χ0v) is 15.9. The Labute approximate surface area is 153 Å². The van der Waals surface area contributed by atoms with Gasteiger partial charge in [-0.25, -0.2) is 8.42 Å². The maximum atomic E-state index is 13.0. The first kappa shape index (κ1) is 19.3. The lowest BCUT2D eigenvalue weighted by molar-refractivity contribution is 0.0943. The van der Waals surface area contributed by atoms with E-state index < -0.39 is 15.9 Å². The van der Waals surface area contributed by atoms with Crippen molar-refractivity contribution in [1.82, 2.24) is 5.32 Å². The van der Waals surface area contributed by atoms with Crippen LogP contribution in [0.25, 0.3) is 0 Å². The molecule has 0 atom stereocenters. The van der Waals surface area contributed by atoms with Crippen LogP contribution in [0.1, 0.15) is 31.1 Å². The quantitative estimate of drug-likeness (QED) is 0.831. The molecule has 1 amide bonds. The minimum absolute atomic E-state index is 0.0245. The van der Waals surface area contributed by atoms with Crippen LogP contribution in [-0.4, -0.2) is 26.9 Å². The average molecular weight is 381 g/mol. The SMILES string of the molecule is CCN(c1ccccc1)S(=O)(=O)c1ccc(Cl)c(C(=O)NC(C)C)c1. The molecule has 0 aromatic heterocycles. The second-order valence-electron chi connectivity index (χ2n) is 5.78. The molecule has 1 N–H and O–H groups in total. The molecule has 0 aliphatic heterocycles. The molecule has 5 nitrogen and oxygen atoms in total. The summed E-state index contributed by atoms with van der Waals surface area (Å²) in [5, 5.41) is 2.93. The Balaban J connectivity index is 2.47. The normalized spacial score (nSPS) is 11.4. The van der Waals surface area contributed by atoms with Crippen LogP contribution in [0.5, 0.6) is 0 Å². The number of sulfonamides is 1. The number of rotatable bonds is 6. The first-order chi connectivity index (χ1) is 11.8. The van der Waals surface area contributed by atoms with E-state index in [9.17, 15) is 13.2 Å². The van der Waals surface area contributed by atoms with E-state index in [0.717, 1.165) is 0 Å². The summed E-state index contributed by atoms with van der Waals surface area (Å²) in [6, 6.07) is 12.9. The Hall–Kier alpha value is -2.05. The van der Waals surface area contributed by atoms with E-state index in [0.29, 0.717) is 5.69 Å². The van der Waals surface area contributed by atoms with Crippen LogP contribution >= 0.6 is 11.6 Å². The molecule has 134 valence electrons. The highest BCUT2D eigenvalue weighted by Gasteiger charge is 2.25. The summed E-state index contributed by atoms with van der Waals surface area (Å²) in [4.78, 5) is 12.3. The number of amides is 1. The van der Waals surface area contributed by atoms with Crippen molar-refractivity contribution < 1.29 is 13.2 Å². The summed E-state index contributed by atoms with van der Waals surface area (Å²) in [6.07, 6.45) is 0. The number of nitrogens with one attached hydrogen (secondary N) is 1. The minimum atomic E-state index is -3.81. The molecular weight excluding hydrogens is 360 g/mol. The van der Waals surface area contributed by atoms with Gasteiger partial charge < -0.3 is 5.32 Å². The molecule has 2 aromatic rings. The molecule has 0 aliphatic carbocycles. The Morgan fingerprint density at radius 2 is 1.80 bits per heavy atom. The first-order valence-electron chi connectivity index (χ1n) is 7.95. The zero-order chi connectivity index (χ0) is 18.6. The van der Waals surface area contributed by atoms with Gasteiger partial charge in [0, 0.05) is 12.6 Å². The molecule has 0 fully saturated rings. The van der Waals surface area contributed by atoms with Gasteiger partial charge in [-0.1, -0.05) is 29.8 Å². The van der Waals surface area contributed by atoms with Crippen molar-refractivity contribution in [2.24, 2.45) is 0 Å². The smallest absolute Gasteiger partial charge is 0.264 e.